The van der Waals surface area contributed by atoms with Crippen LogP contribution in [-0.2, 0) is 0 Å². The minimum Gasteiger partial charge on any atom is -0.493 e. The minimum atomic E-state index is -0.794. The molecule has 2 aromatic carbocycles. The monoisotopic (exact) mass is 574 g/mol. The van der Waals surface area contributed by atoms with Gasteiger partial charge in [0, 0.05) is 10.8 Å². The van der Waals surface area contributed by atoms with Gasteiger partial charge in [-0.05, 0) is 25.0 Å². The predicted molar refractivity (Wildman–Crippen MR) is 154 cm³/mol. The smallest absolute Gasteiger partial charge is 0.309 e. The Hall–Kier alpha value is -5.04. The first-order valence-corrected chi connectivity index (χ1v) is 13.7. The fraction of sp³-hybridized carbons (Fsp3) is 0.214. The molecule has 210 valence electrons. The number of aromatic hydroxyl groups is 2. The maximum absolute atomic E-state index is 13.3. The van der Waals surface area contributed by atoms with E-state index in [1.807, 2.05) is 13.8 Å². The number of hydrogen-bond acceptors (Lipinski definition) is 9. The number of benzene rings is 2. The summed E-state index contributed by atoms with van der Waals surface area (Å²) in [4.78, 5) is 32.1. The lowest BCUT2D eigenvalue weighted by molar-refractivity contribution is 0.0985. The lowest BCUT2D eigenvalue weighted by Crippen LogP contribution is -2.04. The quantitative estimate of drug-likeness (QED) is 0.125. The van der Waals surface area contributed by atoms with Crippen LogP contribution < -0.4 is 9.47 Å². The second kappa shape index (κ2) is 12.0. The molecule has 2 amide bonds. The molecule has 4 N–H and O–H groups in total. The van der Waals surface area contributed by atoms with Crippen LogP contribution in [-0.4, -0.2) is 45.2 Å². The van der Waals surface area contributed by atoms with E-state index in [9.17, 15) is 19.8 Å². The predicted octanol–water partition coefficient (Wildman–Crippen LogP) is 7.55. The first-order valence-electron chi connectivity index (χ1n) is 12.9. The van der Waals surface area contributed by atoms with E-state index in [0.717, 1.165) is 11.3 Å². The summed E-state index contributed by atoms with van der Waals surface area (Å²) >= 11 is 0.796. The Bertz CT molecular complexity index is 1670. The van der Waals surface area contributed by atoms with Gasteiger partial charge in [-0.1, -0.05) is 50.2 Å². The summed E-state index contributed by atoms with van der Waals surface area (Å²) in [5.41, 5.74) is 1.47. The maximum atomic E-state index is 13.3. The number of rotatable bonds is 10. The highest BCUT2D eigenvalue weighted by molar-refractivity contribution is 7.16. The summed E-state index contributed by atoms with van der Waals surface area (Å²) in [6, 6.07) is 14.1. The third kappa shape index (κ3) is 5.52. The number of azo groups is 2. The largest absolute Gasteiger partial charge is 0.493 e. The Labute approximate surface area is 237 Å². The van der Waals surface area contributed by atoms with Crippen molar-refractivity contribution in [2.24, 2.45) is 20.5 Å². The zero-order chi connectivity index (χ0) is 28.9. The molecule has 5 rings (SSSR count). The number of ether oxygens (including phenoxy) is 2. The van der Waals surface area contributed by atoms with Crippen molar-refractivity contribution in [3.63, 3.8) is 0 Å². The van der Waals surface area contributed by atoms with Gasteiger partial charge in [-0.25, -0.2) is 0 Å². The molecular formula is C28H26N6O6S. The fourth-order valence-corrected chi connectivity index (χ4v) is 5.01. The zero-order valence-corrected chi connectivity index (χ0v) is 23.0. The molecule has 0 aliphatic heterocycles. The molecule has 0 aliphatic carbocycles. The number of fused-ring (bicyclic) bond motifs is 2. The summed E-state index contributed by atoms with van der Waals surface area (Å²) < 4.78 is 11.7. The van der Waals surface area contributed by atoms with Gasteiger partial charge in [0.05, 0.1) is 24.2 Å². The minimum absolute atomic E-state index is 0.0128. The zero-order valence-electron chi connectivity index (χ0n) is 22.2. The van der Waals surface area contributed by atoms with Crippen molar-refractivity contribution >= 4 is 56.3 Å². The molecule has 0 bridgehead atoms. The molecule has 0 saturated carbocycles. The van der Waals surface area contributed by atoms with E-state index in [2.05, 4.69) is 30.4 Å². The van der Waals surface area contributed by atoms with Crippen molar-refractivity contribution in [2.75, 3.05) is 13.2 Å². The van der Waals surface area contributed by atoms with Crippen LogP contribution in [0, 0.1) is 0 Å². The fourth-order valence-electron chi connectivity index (χ4n) is 4.06. The van der Waals surface area contributed by atoms with E-state index in [1.54, 1.807) is 48.5 Å². The van der Waals surface area contributed by atoms with E-state index in [-0.39, 0.29) is 57.6 Å². The van der Waals surface area contributed by atoms with Crippen LogP contribution in [0.1, 0.15) is 46.0 Å². The Morgan fingerprint density at radius 2 is 1.15 bits per heavy atom. The summed E-state index contributed by atoms with van der Waals surface area (Å²) in [5.74, 6) is -1.94. The van der Waals surface area contributed by atoms with E-state index in [0.29, 0.717) is 34.6 Å². The standard InChI is InChI=1S/C28H26N6O6S/c1-3-13-39-21-22(40-14-4-2)24(28(38)34-32-20-16-10-6-8-12-18(16)30-26(20)36)41-23(21)27(37)33-31-19-15-9-5-7-11-17(15)29-25(19)35/h5-12,29-30,35-36H,3-4,13-14H2,1-2H3. The lowest BCUT2D eigenvalue weighted by atomic mass is 10.2. The maximum Gasteiger partial charge on any atom is 0.309 e. The van der Waals surface area contributed by atoms with Gasteiger partial charge in [0.1, 0.15) is 9.75 Å². The topological polar surface area (TPSA) is 174 Å². The Balaban J connectivity index is 1.52. The van der Waals surface area contributed by atoms with E-state index in [4.69, 9.17) is 9.47 Å². The van der Waals surface area contributed by atoms with Gasteiger partial charge in [0.25, 0.3) is 0 Å². The first-order chi connectivity index (χ1) is 19.9. The van der Waals surface area contributed by atoms with Crippen molar-refractivity contribution in [1.82, 2.24) is 9.97 Å². The number of nitrogens with one attached hydrogen (secondary N) is 2. The average molecular weight is 575 g/mol. The number of hydrogen-bond donors (Lipinski definition) is 4. The van der Waals surface area contributed by atoms with Gasteiger partial charge in [-0.15, -0.1) is 31.8 Å². The number of thiophene rings is 1. The molecule has 0 spiro atoms. The molecule has 41 heavy (non-hydrogen) atoms. The Morgan fingerprint density at radius 3 is 1.56 bits per heavy atom. The van der Waals surface area contributed by atoms with Crippen molar-refractivity contribution in [3.8, 4) is 23.3 Å². The van der Waals surface area contributed by atoms with Crippen molar-refractivity contribution in [3.05, 3.63) is 58.3 Å². The molecule has 0 saturated heterocycles. The van der Waals surface area contributed by atoms with Gasteiger partial charge in [-0.2, -0.15) is 0 Å². The number of aromatic nitrogens is 2. The molecular weight excluding hydrogens is 548 g/mol. The number of nitrogens with zero attached hydrogens (tertiary/aromatic N) is 4. The number of carbonyl (C=O) groups excluding carboxylic acids is 2. The van der Waals surface area contributed by atoms with Crippen molar-refractivity contribution in [2.45, 2.75) is 26.7 Å². The normalized spacial score (nSPS) is 11.8. The van der Waals surface area contributed by atoms with E-state index in [1.165, 1.54) is 0 Å². The number of para-hydroxylation sites is 2. The third-order valence-electron chi connectivity index (χ3n) is 5.91. The molecule has 0 atom stereocenters. The van der Waals surface area contributed by atoms with Crippen LogP contribution in [0.5, 0.6) is 23.3 Å². The van der Waals surface area contributed by atoms with E-state index >= 15 is 0 Å². The average Bonchev–Trinajstić information content (AvgIpc) is 3.61. The van der Waals surface area contributed by atoms with Crippen LogP contribution in [0.4, 0.5) is 11.4 Å². The van der Waals surface area contributed by atoms with Gasteiger partial charge in [0.2, 0.25) is 11.8 Å². The van der Waals surface area contributed by atoms with E-state index < -0.39 is 11.8 Å². The van der Waals surface area contributed by atoms with Crippen LogP contribution >= 0.6 is 11.3 Å². The second-order valence-electron chi connectivity index (χ2n) is 8.86. The van der Waals surface area contributed by atoms with Gasteiger partial charge >= 0.3 is 11.8 Å². The summed E-state index contributed by atoms with van der Waals surface area (Å²) in [5, 5.41) is 37.4. The molecule has 5 aromatic rings. The molecule has 0 radical (unpaired) electrons. The Kier molecular flexibility index (Phi) is 8.06. The van der Waals surface area contributed by atoms with Gasteiger partial charge in [0.15, 0.2) is 22.9 Å². The van der Waals surface area contributed by atoms with Crippen LogP contribution in [0.15, 0.2) is 69.0 Å². The number of aromatic amines is 2. The second-order valence-corrected chi connectivity index (χ2v) is 9.88. The molecule has 0 unspecified atom stereocenters. The Morgan fingerprint density at radius 1 is 0.732 bits per heavy atom. The lowest BCUT2D eigenvalue weighted by Gasteiger charge is -2.09. The van der Waals surface area contributed by atoms with Crippen LogP contribution in [0.3, 0.4) is 0 Å². The summed E-state index contributed by atoms with van der Waals surface area (Å²) in [7, 11) is 0. The summed E-state index contributed by atoms with van der Waals surface area (Å²) in [6.07, 6.45) is 1.26. The third-order valence-corrected chi connectivity index (χ3v) is 7.04. The van der Waals surface area contributed by atoms with Crippen LogP contribution in [0.2, 0.25) is 0 Å². The highest BCUT2D eigenvalue weighted by Crippen LogP contribution is 2.45. The number of H-pyrrole nitrogens is 2. The molecule has 13 heteroatoms. The van der Waals surface area contributed by atoms with Gasteiger partial charge < -0.3 is 29.7 Å². The summed E-state index contributed by atoms with van der Waals surface area (Å²) in [6.45, 7) is 4.29. The van der Waals surface area contributed by atoms with Crippen molar-refractivity contribution in [1.29, 1.82) is 0 Å². The molecule has 3 aromatic heterocycles. The highest BCUT2D eigenvalue weighted by Gasteiger charge is 2.30. The van der Waals surface area contributed by atoms with Crippen molar-refractivity contribution < 1.29 is 29.3 Å². The van der Waals surface area contributed by atoms with Crippen LogP contribution in [0.25, 0.3) is 21.8 Å². The molecule has 3 heterocycles. The number of carbonyl (C=O) groups is 2. The molecule has 0 fully saturated rings. The number of amides is 2. The SMILES string of the molecule is CCCOc1c(C(=O)N=Nc2c(O)[nH]c3ccccc23)sc(C(=O)N=Nc2c(O)[nH]c3ccccc23)c1OCCC. The first kappa shape index (κ1) is 27.5. The highest BCUT2D eigenvalue weighted by atomic mass is 32.1. The molecule has 0 aliphatic rings. The molecule has 12 nitrogen and oxygen atoms in total. The van der Waals surface area contributed by atoms with Gasteiger partial charge in [-0.3, -0.25) is 9.59 Å².